The molecule has 4 aliphatic rings. The van der Waals surface area contributed by atoms with Crippen LogP contribution in [0.4, 0.5) is 0 Å². The Morgan fingerprint density at radius 3 is 2.58 bits per heavy atom. The first-order valence-electron chi connectivity index (χ1n) is 12.0. The number of aliphatic hydroxyl groups is 2. The molecule has 0 spiro atoms. The lowest BCUT2D eigenvalue weighted by Gasteiger charge is -2.60. The van der Waals surface area contributed by atoms with Crippen LogP contribution in [0, 0.1) is 28.6 Å². The number of ketones is 2. The zero-order valence-corrected chi connectivity index (χ0v) is 19.3. The van der Waals surface area contributed by atoms with Crippen molar-refractivity contribution in [2.45, 2.75) is 83.3 Å². The molecule has 33 heavy (non-hydrogen) atoms. The molecule has 0 aromatic rings. The van der Waals surface area contributed by atoms with Crippen molar-refractivity contribution in [2.75, 3.05) is 6.61 Å². The molecule has 4 rings (SSSR count). The molecule has 0 unspecified atom stereocenters. The zero-order valence-electron chi connectivity index (χ0n) is 19.3. The summed E-state index contributed by atoms with van der Waals surface area (Å²) in [5.41, 5.74) is -1.71. The van der Waals surface area contributed by atoms with E-state index in [0.717, 1.165) is 18.4 Å². The monoisotopic (exact) mass is 461 g/mol. The maximum atomic E-state index is 13.1. The van der Waals surface area contributed by atoms with Gasteiger partial charge in [0.2, 0.25) is 5.78 Å². The summed E-state index contributed by atoms with van der Waals surface area (Å²) in [6.45, 7) is 3.38. The molecule has 7 atom stereocenters. The Hall–Kier alpha value is -2.06. The van der Waals surface area contributed by atoms with Crippen LogP contribution in [-0.2, 0) is 23.9 Å². The largest absolute Gasteiger partial charge is 0.550 e. The number of aliphatic hydroxyl groups excluding tert-OH is 1. The summed E-state index contributed by atoms with van der Waals surface area (Å²) in [5.74, 6) is -2.53. The van der Waals surface area contributed by atoms with Gasteiger partial charge in [0.05, 0.1) is 12.5 Å². The minimum atomic E-state index is -1.72. The van der Waals surface area contributed by atoms with Crippen molar-refractivity contribution in [2.24, 2.45) is 28.6 Å². The van der Waals surface area contributed by atoms with E-state index >= 15 is 0 Å². The number of fused-ring (bicyclic) bond motifs is 5. The minimum absolute atomic E-state index is 0.0245. The predicted molar refractivity (Wildman–Crippen MR) is 113 cm³/mol. The van der Waals surface area contributed by atoms with Crippen LogP contribution < -0.4 is 5.11 Å². The summed E-state index contributed by atoms with van der Waals surface area (Å²) in [6.07, 6.45) is 4.07. The zero-order chi connectivity index (χ0) is 24.2. The molecule has 8 heteroatoms. The van der Waals surface area contributed by atoms with Gasteiger partial charge in [-0.25, -0.2) is 0 Å². The quantitative estimate of drug-likeness (QED) is 0.555. The highest BCUT2D eigenvalue weighted by molar-refractivity contribution is 5.92. The van der Waals surface area contributed by atoms with Crippen LogP contribution in [0.5, 0.6) is 0 Å². The lowest BCUT2D eigenvalue weighted by Crippen LogP contribution is -2.62. The fourth-order valence-corrected chi connectivity index (χ4v) is 7.69. The van der Waals surface area contributed by atoms with Crippen LogP contribution in [-0.4, -0.2) is 52.0 Å². The van der Waals surface area contributed by atoms with E-state index < -0.39 is 54.3 Å². The number of hydrogen-bond acceptors (Lipinski definition) is 8. The molecule has 0 amide bonds. The molecule has 0 aromatic carbocycles. The van der Waals surface area contributed by atoms with Crippen LogP contribution in [0.1, 0.15) is 71.6 Å². The summed E-state index contributed by atoms with van der Waals surface area (Å²) in [4.78, 5) is 47.3. The van der Waals surface area contributed by atoms with Gasteiger partial charge in [0.25, 0.3) is 0 Å². The smallest absolute Gasteiger partial charge is 0.306 e. The van der Waals surface area contributed by atoms with Crippen molar-refractivity contribution in [3.63, 3.8) is 0 Å². The summed E-state index contributed by atoms with van der Waals surface area (Å²) in [5, 5.41) is 33.4. The van der Waals surface area contributed by atoms with Gasteiger partial charge in [-0.2, -0.15) is 0 Å². The van der Waals surface area contributed by atoms with E-state index in [1.54, 1.807) is 6.08 Å². The molecule has 182 valence electrons. The number of carboxylic acid groups (broad SMARTS) is 1. The van der Waals surface area contributed by atoms with Crippen molar-refractivity contribution in [3.8, 4) is 0 Å². The topological polar surface area (TPSA) is 141 Å². The first kappa shape index (κ1) is 24.1. The van der Waals surface area contributed by atoms with E-state index in [2.05, 4.69) is 6.92 Å². The molecule has 0 aliphatic heterocycles. The number of ether oxygens (including phenoxy) is 1. The number of allylic oxidation sites excluding steroid dienone is 1. The average Bonchev–Trinajstić information content (AvgIpc) is 3.02. The van der Waals surface area contributed by atoms with Gasteiger partial charge in [-0.05, 0) is 74.2 Å². The van der Waals surface area contributed by atoms with Gasteiger partial charge in [0, 0.05) is 17.8 Å². The molecule has 0 bridgehead atoms. The standard InChI is InChI=1S/C25H34O8/c1-23-9-7-15(26)11-14(23)3-4-16-17-8-10-25(32,24(17,2)12-18(27)22(16)23)19(28)13-33-21(31)6-5-20(29)30/h11,16-18,22,27,32H,3-10,12-13H2,1-2H3,(H,29,30)/p-1/t16-,17-,18-,22+,23+,24+,25+/m1/s1. The molecular formula is C25H33O8-. The molecule has 0 aromatic heterocycles. The molecule has 0 heterocycles. The minimum Gasteiger partial charge on any atom is -0.550 e. The molecule has 4 aliphatic carbocycles. The number of hydrogen-bond donors (Lipinski definition) is 2. The molecule has 3 fully saturated rings. The maximum Gasteiger partial charge on any atom is 0.306 e. The van der Waals surface area contributed by atoms with Gasteiger partial charge in [0.15, 0.2) is 12.4 Å². The Balaban J connectivity index is 1.53. The third-order valence-electron chi connectivity index (χ3n) is 9.41. The van der Waals surface area contributed by atoms with Crippen LogP contribution >= 0.6 is 0 Å². The van der Waals surface area contributed by atoms with Gasteiger partial charge in [-0.3, -0.25) is 14.4 Å². The average molecular weight is 462 g/mol. The Bertz CT molecular complexity index is 908. The summed E-state index contributed by atoms with van der Waals surface area (Å²) in [6, 6.07) is 0. The Morgan fingerprint density at radius 1 is 1.15 bits per heavy atom. The van der Waals surface area contributed by atoms with E-state index in [4.69, 9.17) is 4.74 Å². The highest BCUT2D eigenvalue weighted by atomic mass is 16.5. The van der Waals surface area contributed by atoms with E-state index in [0.29, 0.717) is 19.3 Å². The molecular weight excluding hydrogens is 428 g/mol. The summed E-state index contributed by atoms with van der Waals surface area (Å²) >= 11 is 0. The summed E-state index contributed by atoms with van der Waals surface area (Å²) in [7, 11) is 0. The predicted octanol–water partition coefficient (Wildman–Crippen LogP) is 0.863. The number of esters is 1. The lowest BCUT2D eigenvalue weighted by molar-refractivity contribution is -0.305. The van der Waals surface area contributed by atoms with E-state index in [-0.39, 0.29) is 41.8 Å². The van der Waals surface area contributed by atoms with Crippen molar-refractivity contribution >= 4 is 23.5 Å². The number of Topliss-reactive ketones (excluding diaryl/α,β-unsaturated/α-hetero) is 1. The Kier molecular flexibility index (Phi) is 6.06. The molecule has 0 radical (unpaired) electrons. The fourth-order valence-electron chi connectivity index (χ4n) is 7.69. The fraction of sp³-hybridized carbons (Fsp3) is 0.760. The number of carbonyl (C=O) groups excluding carboxylic acids is 4. The van der Waals surface area contributed by atoms with Gasteiger partial charge < -0.3 is 24.9 Å². The van der Waals surface area contributed by atoms with Crippen LogP contribution in [0.15, 0.2) is 11.6 Å². The second kappa shape index (κ2) is 8.31. The van der Waals surface area contributed by atoms with Gasteiger partial charge in [-0.1, -0.05) is 19.4 Å². The molecule has 2 N–H and O–H groups in total. The first-order chi connectivity index (χ1) is 15.4. The second-order valence-corrected chi connectivity index (χ2v) is 10.9. The van der Waals surface area contributed by atoms with Gasteiger partial charge in [-0.15, -0.1) is 0 Å². The van der Waals surface area contributed by atoms with Crippen molar-refractivity contribution < 1.29 is 39.2 Å². The van der Waals surface area contributed by atoms with Gasteiger partial charge in [0.1, 0.15) is 5.60 Å². The van der Waals surface area contributed by atoms with E-state index in [1.165, 1.54) is 0 Å². The van der Waals surface area contributed by atoms with Crippen LogP contribution in [0.25, 0.3) is 0 Å². The maximum absolute atomic E-state index is 13.1. The van der Waals surface area contributed by atoms with Crippen molar-refractivity contribution in [1.29, 1.82) is 0 Å². The first-order valence-corrected chi connectivity index (χ1v) is 12.0. The SMILES string of the molecule is C[C@]12CCC(=O)C=C1CC[C@H]1[C@H]2[C@H](O)C[C@@]2(C)[C@@H]1CC[C@]2(O)C(=O)COC(=O)CCC(=O)[O-]. The van der Waals surface area contributed by atoms with Crippen molar-refractivity contribution in [3.05, 3.63) is 11.6 Å². The highest BCUT2D eigenvalue weighted by Crippen LogP contribution is 2.67. The highest BCUT2D eigenvalue weighted by Gasteiger charge is 2.68. The van der Waals surface area contributed by atoms with E-state index in [1.807, 2.05) is 6.92 Å². The van der Waals surface area contributed by atoms with Crippen LogP contribution in [0.3, 0.4) is 0 Å². The van der Waals surface area contributed by atoms with Crippen LogP contribution in [0.2, 0.25) is 0 Å². The lowest BCUT2D eigenvalue weighted by atomic mass is 9.45. The number of carboxylic acids is 1. The Labute approximate surface area is 193 Å². The van der Waals surface area contributed by atoms with Gasteiger partial charge >= 0.3 is 5.97 Å². The second-order valence-electron chi connectivity index (χ2n) is 10.9. The third-order valence-corrected chi connectivity index (χ3v) is 9.41. The van der Waals surface area contributed by atoms with E-state index in [9.17, 15) is 34.5 Å². The normalized spacial score (nSPS) is 41.9. The third kappa shape index (κ3) is 3.75. The molecule has 3 saturated carbocycles. The number of carbonyl (C=O) groups is 4. The van der Waals surface area contributed by atoms with Crippen molar-refractivity contribution in [1.82, 2.24) is 0 Å². The molecule has 8 nitrogen and oxygen atoms in total. The molecule has 0 saturated heterocycles. The Morgan fingerprint density at radius 2 is 1.88 bits per heavy atom. The number of rotatable bonds is 6. The number of aliphatic carboxylic acids is 1. The summed E-state index contributed by atoms with van der Waals surface area (Å²) < 4.78 is 4.95.